The Bertz CT molecular complexity index is 648. The summed E-state index contributed by atoms with van der Waals surface area (Å²) in [5.41, 5.74) is -0.884. The van der Waals surface area contributed by atoms with Gasteiger partial charge in [0, 0.05) is 19.6 Å². The predicted molar refractivity (Wildman–Crippen MR) is 95.0 cm³/mol. The van der Waals surface area contributed by atoms with Crippen LogP contribution >= 0.6 is 0 Å². The molecule has 0 unspecified atom stereocenters. The number of piperidine rings is 2. The summed E-state index contributed by atoms with van der Waals surface area (Å²) in [6.45, 7) is 3.71. The Morgan fingerprint density at radius 1 is 1.31 bits per heavy atom. The van der Waals surface area contributed by atoms with Crippen molar-refractivity contribution in [3.05, 3.63) is 24.3 Å². The average molecular weight is 362 g/mol. The third-order valence-electron chi connectivity index (χ3n) is 5.17. The van der Waals surface area contributed by atoms with Crippen LogP contribution in [0.15, 0.2) is 24.3 Å². The summed E-state index contributed by atoms with van der Waals surface area (Å²) in [5.74, 6) is 1.01. The fourth-order valence-electron chi connectivity index (χ4n) is 3.69. The first-order valence-electron chi connectivity index (χ1n) is 9.15. The molecule has 2 N–H and O–H groups in total. The lowest BCUT2D eigenvalue weighted by atomic mass is 9.71. The molecule has 0 saturated carbocycles. The molecule has 7 heteroatoms. The first-order chi connectivity index (χ1) is 12.5. The fourth-order valence-corrected chi connectivity index (χ4v) is 3.69. The van der Waals surface area contributed by atoms with Crippen molar-refractivity contribution >= 4 is 11.8 Å². The lowest BCUT2D eigenvalue weighted by Crippen LogP contribution is -2.62. The summed E-state index contributed by atoms with van der Waals surface area (Å²) < 4.78 is 10.9. The fraction of sp³-hybridized carbons (Fsp3) is 0.579. The topological polar surface area (TPSA) is 88.1 Å². The van der Waals surface area contributed by atoms with Crippen LogP contribution in [0.5, 0.6) is 11.5 Å². The van der Waals surface area contributed by atoms with Crippen LogP contribution in [0.25, 0.3) is 0 Å². The van der Waals surface area contributed by atoms with E-state index >= 15 is 0 Å². The number of nitrogens with one attached hydrogen (secondary N) is 1. The lowest BCUT2D eigenvalue weighted by molar-refractivity contribution is -0.155. The number of aliphatic hydroxyl groups excluding tert-OH is 1. The Hall–Kier alpha value is -2.28. The summed E-state index contributed by atoms with van der Waals surface area (Å²) in [6.07, 6.45) is 1.11. The van der Waals surface area contributed by atoms with E-state index in [4.69, 9.17) is 9.47 Å². The number of benzene rings is 1. The number of likely N-dealkylation sites (tertiary alicyclic amines) is 1. The molecular weight excluding hydrogens is 336 g/mol. The van der Waals surface area contributed by atoms with E-state index in [-0.39, 0.29) is 25.0 Å². The molecule has 0 aliphatic carbocycles. The Morgan fingerprint density at radius 3 is 2.65 bits per heavy atom. The maximum Gasteiger partial charge on any atom is 0.260 e. The molecule has 0 aromatic heterocycles. The minimum Gasteiger partial charge on any atom is -0.494 e. The van der Waals surface area contributed by atoms with Crippen LogP contribution in [0.3, 0.4) is 0 Å². The second kappa shape index (κ2) is 7.95. The number of aliphatic hydroxyl groups is 1. The van der Waals surface area contributed by atoms with Crippen LogP contribution in [0, 0.1) is 5.41 Å². The van der Waals surface area contributed by atoms with Crippen LogP contribution in [0.2, 0.25) is 0 Å². The van der Waals surface area contributed by atoms with E-state index in [1.807, 2.05) is 6.92 Å². The van der Waals surface area contributed by atoms with Crippen LogP contribution in [-0.4, -0.2) is 60.8 Å². The summed E-state index contributed by atoms with van der Waals surface area (Å²) in [4.78, 5) is 26.5. The van der Waals surface area contributed by atoms with Gasteiger partial charge in [-0.25, -0.2) is 0 Å². The molecule has 0 radical (unpaired) electrons. The highest BCUT2D eigenvalue weighted by Crippen LogP contribution is 2.37. The van der Waals surface area contributed by atoms with Crippen molar-refractivity contribution < 1.29 is 24.2 Å². The first kappa shape index (κ1) is 18.5. The molecule has 2 fully saturated rings. The van der Waals surface area contributed by atoms with E-state index in [9.17, 15) is 14.7 Å². The van der Waals surface area contributed by atoms with Gasteiger partial charge >= 0.3 is 0 Å². The zero-order valence-electron chi connectivity index (χ0n) is 15.1. The van der Waals surface area contributed by atoms with Gasteiger partial charge in [-0.3, -0.25) is 9.59 Å². The van der Waals surface area contributed by atoms with E-state index in [0.29, 0.717) is 38.3 Å². The van der Waals surface area contributed by atoms with Gasteiger partial charge in [0.25, 0.3) is 5.91 Å². The van der Waals surface area contributed by atoms with Crippen molar-refractivity contribution in [3.63, 3.8) is 0 Å². The van der Waals surface area contributed by atoms with Gasteiger partial charge in [-0.2, -0.15) is 0 Å². The minimum atomic E-state index is -0.884. The second-order valence-electron chi connectivity index (χ2n) is 6.83. The Labute approximate surface area is 153 Å². The Kier molecular flexibility index (Phi) is 5.66. The smallest absolute Gasteiger partial charge is 0.260 e. The molecule has 3 rings (SSSR count). The third kappa shape index (κ3) is 3.77. The van der Waals surface area contributed by atoms with Gasteiger partial charge in [-0.15, -0.1) is 0 Å². The van der Waals surface area contributed by atoms with Crippen molar-refractivity contribution in [2.24, 2.45) is 5.41 Å². The molecule has 2 heterocycles. The molecule has 2 saturated heterocycles. The Morgan fingerprint density at radius 2 is 2.00 bits per heavy atom. The minimum absolute atomic E-state index is 0.0955. The van der Waals surface area contributed by atoms with Crippen molar-refractivity contribution in [1.29, 1.82) is 0 Å². The molecule has 1 spiro atoms. The molecule has 26 heavy (non-hydrogen) atoms. The largest absolute Gasteiger partial charge is 0.494 e. The van der Waals surface area contributed by atoms with Gasteiger partial charge in [0.1, 0.15) is 11.5 Å². The normalized spacial score (nSPS) is 25.7. The number of carbonyl (C=O) groups is 2. The van der Waals surface area contributed by atoms with Crippen molar-refractivity contribution in [2.45, 2.75) is 32.3 Å². The van der Waals surface area contributed by atoms with Gasteiger partial charge in [-0.05, 0) is 50.5 Å². The number of carbonyl (C=O) groups excluding carboxylic acids is 2. The van der Waals surface area contributed by atoms with Gasteiger partial charge in [0.15, 0.2) is 6.61 Å². The molecule has 2 atom stereocenters. The van der Waals surface area contributed by atoms with Gasteiger partial charge < -0.3 is 24.8 Å². The summed E-state index contributed by atoms with van der Waals surface area (Å²) in [5, 5.41) is 13.2. The molecule has 2 aliphatic heterocycles. The molecule has 142 valence electrons. The highest BCUT2D eigenvalue weighted by molar-refractivity contribution is 5.86. The Balaban J connectivity index is 1.58. The standard InChI is InChI=1S/C19H26N2O5/c1-2-25-14-4-6-15(7-5-14)26-12-17(23)21-11-8-16(22)19(13-21)9-3-10-20-18(19)24/h4-7,16,22H,2-3,8-13H2,1H3,(H,20,24)/t16-,19-/m1/s1. The summed E-state index contributed by atoms with van der Waals surface area (Å²) >= 11 is 0. The molecule has 1 aromatic carbocycles. The number of nitrogens with zero attached hydrogens (tertiary/aromatic N) is 1. The van der Waals surface area contributed by atoms with E-state index in [1.54, 1.807) is 29.2 Å². The monoisotopic (exact) mass is 362 g/mol. The predicted octanol–water partition coefficient (Wildman–Crippen LogP) is 0.954. The number of ether oxygens (including phenoxy) is 2. The molecule has 7 nitrogen and oxygen atoms in total. The van der Waals surface area contributed by atoms with Crippen molar-refractivity contribution in [1.82, 2.24) is 10.2 Å². The quantitative estimate of drug-likeness (QED) is 0.814. The molecule has 0 bridgehead atoms. The van der Waals surface area contributed by atoms with Gasteiger partial charge in [-0.1, -0.05) is 0 Å². The highest BCUT2D eigenvalue weighted by Gasteiger charge is 2.50. The maximum atomic E-state index is 12.5. The number of hydrogen-bond acceptors (Lipinski definition) is 5. The van der Waals surface area contributed by atoms with Crippen molar-refractivity contribution in [2.75, 3.05) is 32.8 Å². The number of rotatable bonds is 5. The van der Waals surface area contributed by atoms with Crippen LogP contribution in [-0.2, 0) is 9.59 Å². The van der Waals surface area contributed by atoms with Gasteiger partial charge in [0.05, 0.1) is 18.1 Å². The zero-order chi connectivity index (χ0) is 18.6. The first-order valence-corrected chi connectivity index (χ1v) is 9.15. The van der Waals surface area contributed by atoms with Gasteiger partial charge in [0.2, 0.25) is 5.91 Å². The maximum absolute atomic E-state index is 12.5. The number of amides is 2. The summed E-state index contributed by atoms with van der Waals surface area (Å²) in [6, 6.07) is 7.10. The summed E-state index contributed by atoms with van der Waals surface area (Å²) in [7, 11) is 0. The SMILES string of the molecule is CCOc1ccc(OCC(=O)N2CC[C@@H](O)[C@@]3(CCCNC3=O)C2)cc1. The highest BCUT2D eigenvalue weighted by atomic mass is 16.5. The molecule has 1 aromatic rings. The second-order valence-corrected chi connectivity index (χ2v) is 6.83. The van der Waals surface area contributed by atoms with Crippen LogP contribution in [0.1, 0.15) is 26.2 Å². The molecule has 2 amide bonds. The lowest BCUT2D eigenvalue weighted by Gasteiger charge is -2.46. The number of hydrogen-bond donors (Lipinski definition) is 2. The van der Waals surface area contributed by atoms with Crippen molar-refractivity contribution in [3.8, 4) is 11.5 Å². The van der Waals surface area contributed by atoms with E-state index in [2.05, 4.69) is 5.32 Å². The van der Waals surface area contributed by atoms with Crippen LogP contribution < -0.4 is 14.8 Å². The van der Waals surface area contributed by atoms with E-state index in [1.165, 1.54) is 0 Å². The van der Waals surface area contributed by atoms with Crippen LogP contribution in [0.4, 0.5) is 0 Å². The molecular formula is C19H26N2O5. The van der Waals surface area contributed by atoms with E-state index in [0.717, 1.165) is 12.2 Å². The third-order valence-corrected chi connectivity index (χ3v) is 5.17. The molecule has 2 aliphatic rings. The average Bonchev–Trinajstić information content (AvgIpc) is 2.65. The zero-order valence-corrected chi connectivity index (χ0v) is 15.1. The van der Waals surface area contributed by atoms with E-state index < -0.39 is 11.5 Å².